The molecule has 2 aliphatic rings. The van der Waals surface area contributed by atoms with Gasteiger partial charge in [-0.3, -0.25) is 9.28 Å². The fourth-order valence-electron chi connectivity index (χ4n) is 4.47. The number of hydrogen-bond acceptors (Lipinski definition) is 1. The molecule has 0 aliphatic heterocycles. The molecule has 2 nitrogen and oxygen atoms in total. The smallest absolute Gasteiger partial charge is 0.165 e. The third-order valence-corrected chi connectivity index (χ3v) is 6.63. The van der Waals surface area contributed by atoms with E-state index in [1.165, 1.54) is 17.7 Å². The number of ketones is 1. The summed E-state index contributed by atoms with van der Waals surface area (Å²) >= 11 is 0. The molecule has 1 aromatic rings. The van der Waals surface area contributed by atoms with E-state index in [1.54, 1.807) is 0 Å². The van der Waals surface area contributed by atoms with Crippen LogP contribution in [0.2, 0.25) is 0 Å². The standard InChI is InChI=1S/C21H30NO/c1-20(2)18-13-14-21(20,3)19(23)17(18)12-9-15-7-10-16(11-8-15)22(4,5)6/h7-8,10-12,18H,9,13-14H2,1-6H3/q+1. The van der Waals surface area contributed by atoms with Crippen LogP contribution in [0, 0.1) is 16.7 Å². The van der Waals surface area contributed by atoms with Crippen molar-refractivity contribution in [2.24, 2.45) is 16.7 Å². The Morgan fingerprint density at radius 3 is 2.22 bits per heavy atom. The molecule has 0 N–H and O–H groups in total. The van der Waals surface area contributed by atoms with Gasteiger partial charge in [-0.25, -0.2) is 0 Å². The zero-order chi connectivity index (χ0) is 17.0. The van der Waals surface area contributed by atoms with Crippen LogP contribution in [0.3, 0.4) is 0 Å². The van der Waals surface area contributed by atoms with Crippen molar-refractivity contribution < 1.29 is 4.79 Å². The van der Waals surface area contributed by atoms with Gasteiger partial charge in [0.2, 0.25) is 0 Å². The molecule has 2 heteroatoms. The molecule has 0 aromatic heterocycles. The highest BCUT2D eigenvalue weighted by molar-refractivity contribution is 6.04. The van der Waals surface area contributed by atoms with Crippen molar-refractivity contribution in [1.29, 1.82) is 0 Å². The Kier molecular flexibility index (Phi) is 3.61. The van der Waals surface area contributed by atoms with Crippen molar-refractivity contribution in [3.63, 3.8) is 0 Å². The number of rotatable bonds is 3. The van der Waals surface area contributed by atoms with E-state index >= 15 is 0 Å². The van der Waals surface area contributed by atoms with Gasteiger partial charge < -0.3 is 0 Å². The van der Waals surface area contributed by atoms with Crippen LogP contribution < -0.4 is 4.48 Å². The summed E-state index contributed by atoms with van der Waals surface area (Å²) in [5.74, 6) is 0.854. The minimum absolute atomic E-state index is 0.115. The first-order valence-corrected chi connectivity index (χ1v) is 8.73. The van der Waals surface area contributed by atoms with Crippen LogP contribution in [-0.2, 0) is 11.2 Å². The van der Waals surface area contributed by atoms with Gasteiger partial charge in [-0.05, 0) is 53.9 Å². The summed E-state index contributed by atoms with van der Waals surface area (Å²) in [6, 6.07) is 8.78. The Balaban J connectivity index is 1.81. The maximum absolute atomic E-state index is 12.8. The van der Waals surface area contributed by atoms with Gasteiger partial charge >= 0.3 is 0 Å². The lowest BCUT2D eigenvalue weighted by atomic mass is 9.70. The summed E-state index contributed by atoms with van der Waals surface area (Å²) < 4.78 is 0.828. The lowest BCUT2D eigenvalue weighted by molar-refractivity contribution is -0.125. The molecular weight excluding hydrogens is 282 g/mol. The molecule has 2 bridgehead atoms. The van der Waals surface area contributed by atoms with E-state index in [1.807, 2.05) is 0 Å². The zero-order valence-electron chi connectivity index (χ0n) is 15.4. The van der Waals surface area contributed by atoms with Gasteiger partial charge in [0.15, 0.2) is 5.78 Å². The Hall–Kier alpha value is -1.41. The molecule has 2 saturated carbocycles. The lowest BCUT2D eigenvalue weighted by Gasteiger charge is -2.31. The van der Waals surface area contributed by atoms with Crippen LogP contribution in [0.5, 0.6) is 0 Å². The normalized spacial score (nSPS) is 31.1. The van der Waals surface area contributed by atoms with E-state index in [0.29, 0.717) is 11.7 Å². The average molecular weight is 312 g/mol. The van der Waals surface area contributed by atoms with Gasteiger partial charge in [0.05, 0.1) is 21.1 Å². The van der Waals surface area contributed by atoms with E-state index < -0.39 is 0 Å². The van der Waals surface area contributed by atoms with E-state index in [9.17, 15) is 4.79 Å². The average Bonchev–Trinajstić information content (AvgIpc) is 2.77. The van der Waals surface area contributed by atoms with Crippen molar-refractivity contribution >= 4 is 11.5 Å². The predicted octanol–water partition coefficient (Wildman–Crippen LogP) is 4.38. The molecule has 0 heterocycles. The Morgan fingerprint density at radius 2 is 1.74 bits per heavy atom. The van der Waals surface area contributed by atoms with Crippen molar-refractivity contribution in [3.8, 4) is 0 Å². The first kappa shape index (κ1) is 16.4. The molecular formula is C21H30NO+. The molecule has 23 heavy (non-hydrogen) atoms. The van der Waals surface area contributed by atoms with E-state index in [-0.39, 0.29) is 10.8 Å². The first-order chi connectivity index (χ1) is 10.6. The number of Topliss-reactive ketones (excluding diaryl/α,β-unsaturated/α-hetero) is 1. The Bertz CT molecular complexity index is 660. The van der Waals surface area contributed by atoms with Gasteiger partial charge in [0.25, 0.3) is 0 Å². The van der Waals surface area contributed by atoms with Crippen molar-refractivity contribution in [1.82, 2.24) is 4.48 Å². The maximum Gasteiger partial charge on any atom is 0.165 e. The molecule has 3 rings (SSSR count). The van der Waals surface area contributed by atoms with Crippen LogP contribution in [0.1, 0.15) is 39.2 Å². The number of carbonyl (C=O) groups is 1. The minimum atomic E-state index is -0.142. The second kappa shape index (κ2) is 5.04. The molecule has 0 radical (unpaired) electrons. The molecule has 0 spiro atoms. The van der Waals surface area contributed by atoms with Crippen LogP contribution in [0.15, 0.2) is 35.9 Å². The van der Waals surface area contributed by atoms with E-state index in [2.05, 4.69) is 72.3 Å². The third kappa shape index (κ3) is 2.39. The van der Waals surface area contributed by atoms with Crippen LogP contribution in [0.4, 0.5) is 5.69 Å². The summed E-state index contributed by atoms with van der Waals surface area (Å²) in [5.41, 5.74) is 3.65. The number of nitrogens with zero attached hydrogens (tertiary/aromatic N) is 1. The number of quaternary nitrogens is 1. The number of carbonyl (C=O) groups excluding carboxylic acids is 1. The first-order valence-electron chi connectivity index (χ1n) is 8.73. The number of hydrogen-bond donors (Lipinski definition) is 0. The summed E-state index contributed by atoms with van der Waals surface area (Å²) in [7, 11) is 6.52. The molecule has 2 aliphatic carbocycles. The van der Waals surface area contributed by atoms with Crippen molar-refractivity contribution in [2.75, 3.05) is 21.1 Å². The highest BCUT2D eigenvalue weighted by Crippen LogP contribution is 2.65. The predicted molar refractivity (Wildman–Crippen MR) is 97.4 cm³/mol. The SMILES string of the molecule is CC12CCC(C(=CCc3ccc([N+](C)(C)C)cc3)C1=O)C2(C)C. The topological polar surface area (TPSA) is 17.1 Å². The Labute approximate surface area is 140 Å². The van der Waals surface area contributed by atoms with Gasteiger partial charge in [0.1, 0.15) is 5.69 Å². The highest BCUT2D eigenvalue weighted by Gasteiger charge is 2.63. The van der Waals surface area contributed by atoms with Gasteiger partial charge in [-0.1, -0.05) is 39.0 Å². The molecule has 2 fully saturated rings. The number of fused-ring (bicyclic) bond motifs is 2. The van der Waals surface area contributed by atoms with Crippen molar-refractivity contribution in [2.45, 2.75) is 40.0 Å². The second-order valence-corrected chi connectivity index (χ2v) is 9.02. The number of benzene rings is 1. The highest BCUT2D eigenvalue weighted by atomic mass is 16.1. The lowest BCUT2D eigenvalue weighted by Crippen LogP contribution is -2.34. The van der Waals surface area contributed by atoms with Gasteiger partial charge in [0, 0.05) is 5.41 Å². The summed E-state index contributed by atoms with van der Waals surface area (Å²) in [5, 5.41) is 0. The molecule has 2 atom stereocenters. The monoisotopic (exact) mass is 312 g/mol. The molecule has 124 valence electrons. The summed E-state index contributed by atoms with van der Waals surface area (Å²) in [4.78, 5) is 12.8. The van der Waals surface area contributed by atoms with Crippen LogP contribution >= 0.6 is 0 Å². The van der Waals surface area contributed by atoms with E-state index in [0.717, 1.165) is 22.9 Å². The van der Waals surface area contributed by atoms with Crippen LogP contribution in [0.25, 0.3) is 0 Å². The summed E-state index contributed by atoms with van der Waals surface area (Å²) in [6.07, 6.45) is 5.29. The Morgan fingerprint density at radius 1 is 1.13 bits per heavy atom. The molecule has 0 amide bonds. The van der Waals surface area contributed by atoms with Gasteiger partial charge in [-0.15, -0.1) is 0 Å². The fraction of sp³-hybridized carbons (Fsp3) is 0.571. The fourth-order valence-corrected chi connectivity index (χ4v) is 4.47. The summed E-state index contributed by atoms with van der Waals surface area (Å²) in [6.45, 7) is 6.73. The largest absolute Gasteiger partial charge is 0.298 e. The third-order valence-electron chi connectivity index (χ3n) is 6.63. The maximum atomic E-state index is 12.8. The number of allylic oxidation sites excluding steroid dienone is 2. The molecule has 2 unspecified atom stereocenters. The molecule has 0 saturated heterocycles. The van der Waals surface area contributed by atoms with Gasteiger partial charge in [-0.2, -0.15) is 0 Å². The molecule has 1 aromatic carbocycles. The quantitative estimate of drug-likeness (QED) is 0.598. The second-order valence-electron chi connectivity index (χ2n) is 9.02. The van der Waals surface area contributed by atoms with Crippen LogP contribution in [-0.4, -0.2) is 26.9 Å². The van der Waals surface area contributed by atoms with Crippen molar-refractivity contribution in [3.05, 3.63) is 41.5 Å². The zero-order valence-corrected chi connectivity index (χ0v) is 15.4. The minimum Gasteiger partial charge on any atom is -0.298 e. The van der Waals surface area contributed by atoms with E-state index in [4.69, 9.17) is 0 Å².